The molecule has 15 heavy (non-hydrogen) atoms. The van der Waals surface area contributed by atoms with Crippen LogP contribution < -0.4 is 16.2 Å². The smallest absolute Gasteiger partial charge is 0.256 e. The van der Waals surface area contributed by atoms with Crippen LogP contribution in [0.4, 0.5) is 5.69 Å². The maximum Gasteiger partial charge on any atom is 0.256 e. The van der Waals surface area contributed by atoms with Gasteiger partial charge in [0.15, 0.2) is 0 Å². The van der Waals surface area contributed by atoms with Crippen molar-refractivity contribution in [3.63, 3.8) is 0 Å². The van der Waals surface area contributed by atoms with E-state index >= 15 is 0 Å². The van der Waals surface area contributed by atoms with E-state index in [1.807, 2.05) is 6.92 Å². The summed E-state index contributed by atoms with van der Waals surface area (Å²) in [6.07, 6.45) is 0. The van der Waals surface area contributed by atoms with Gasteiger partial charge in [0.25, 0.3) is 5.88 Å². The number of nitrogen functional groups attached to an aromatic ring is 1. The highest BCUT2D eigenvalue weighted by atomic mass is 16.5. The highest BCUT2D eigenvalue weighted by Gasteiger charge is 2.04. The lowest BCUT2D eigenvalue weighted by Gasteiger charge is -2.07. The van der Waals surface area contributed by atoms with Crippen LogP contribution in [0.25, 0.3) is 0 Å². The number of anilines is 1. The van der Waals surface area contributed by atoms with Gasteiger partial charge >= 0.3 is 0 Å². The zero-order chi connectivity index (χ0) is 11.3. The SMILES string of the molecule is COc1nnc(COC[C@@H](C)N)cc1N. The topological polar surface area (TPSA) is 96.3 Å². The van der Waals surface area contributed by atoms with Crippen molar-refractivity contribution in [2.24, 2.45) is 5.73 Å². The molecule has 1 aromatic rings. The van der Waals surface area contributed by atoms with Crippen molar-refractivity contribution in [2.75, 3.05) is 19.5 Å². The fourth-order valence-electron chi connectivity index (χ4n) is 1.02. The number of methoxy groups -OCH3 is 1. The van der Waals surface area contributed by atoms with Crippen molar-refractivity contribution in [2.45, 2.75) is 19.6 Å². The average Bonchev–Trinajstić information content (AvgIpc) is 2.17. The molecule has 1 atom stereocenters. The largest absolute Gasteiger partial charge is 0.478 e. The molecule has 84 valence electrons. The Hall–Kier alpha value is -1.40. The van der Waals surface area contributed by atoms with E-state index in [1.54, 1.807) is 6.07 Å². The van der Waals surface area contributed by atoms with Gasteiger partial charge in [0.2, 0.25) is 0 Å². The third-order valence-electron chi connectivity index (χ3n) is 1.66. The lowest BCUT2D eigenvalue weighted by molar-refractivity contribution is 0.108. The van der Waals surface area contributed by atoms with Crippen LogP contribution in [0.15, 0.2) is 6.07 Å². The van der Waals surface area contributed by atoms with Crippen LogP contribution in [0.3, 0.4) is 0 Å². The molecule has 6 nitrogen and oxygen atoms in total. The Kier molecular flexibility index (Phi) is 4.26. The fraction of sp³-hybridized carbons (Fsp3) is 0.556. The first-order valence-corrected chi connectivity index (χ1v) is 4.63. The van der Waals surface area contributed by atoms with Crippen molar-refractivity contribution < 1.29 is 9.47 Å². The standard InChI is InChI=1S/C9H16N4O2/c1-6(10)4-15-5-7-3-8(11)9(14-2)13-12-7/h3,6H,4-5,10H2,1-2H3,(H2,11,12)/t6-/m1/s1. The summed E-state index contributed by atoms with van der Waals surface area (Å²) in [6, 6.07) is 1.68. The van der Waals surface area contributed by atoms with E-state index in [4.69, 9.17) is 20.9 Å². The van der Waals surface area contributed by atoms with E-state index in [1.165, 1.54) is 7.11 Å². The van der Waals surface area contributed by atoms with Crippen molar-refractivity contribution >= 4 is 5.69 Å². The van der Waals surface area contributed by atoms with Crippen molar-refractivity contribution in [3.05, 3.63) is 11.8 Å². The predicted octanol–water partition coefficient (Wildman–Crippen LogP) is -0.0688. The van der Waals surface area contributed by atoms with Crippen LogP contribution >= 0.6 is 0 Å². The second-order valence-electron chi connectivity index (χ2n) is 3.29. The summed E-state index contributed by atoms with van der Waals surface area (Å²) in [4.78, 5) is 0. The third-order valence-corrected chi connectivity index (χ3v) is 1.66. The molecule has 1 rings (SSSR count). The summed E-state index contributed by atoms with van der Waals surface area (Å²) >= 11 is 0. The van der Waals surface area contributed by atoms with Crippen LogP contribution in [0.5, 0.6) is 5.88 Å². The number of hydrogen-bond acceptors (Lipinski definition) is 6. The Morgan fingerprint density at radius 3 is 2.73 bits per heavy atom. The Morgan fingerprint density at radius 1 is 1.47 bits per heavy atom. The molecule has 1 heterocycles. The molecule has 0 amide bonds. The lowest BCUT2D eigenvalue weighted by Crippen LogP contribution is -2.21. The summed E-state index contributed by atoms with van der Waals surface area (Å²) < 4.78 is 10.2. The molecule has 0 unspecified atom stereocenters. The van der Waals surface area contributed by atoms with E-state index in [-0.39, 0.29) is 6.04 Å². The molecule has 6 heteroatoms. The molecule has 0 radical (unpaired) electrons. The zero-order valence-electron chi connectivity index (χ0n) is 8.93. The van der Waals surface area contributed by atoms with Gasteiger partial charge in [0, 0.05) is 6.04 Å². The number of nitrogens with zero attached hydrogens (tertiary/aromatic N) is 2. The normalized spacial score (nSPS) is 12.5. The minimum atomic E-state index is 0.00792. The number of rotatable bonds is 5. The highest BCUT2D eigenvalue weighted by Crippen LogP contribution is 2.16. The maximum absolute atomic E-state index is 5.66. The summed E-state index contributed by atoms with van der Waals surface area (Å²) in [5.41, 5.74) is 12.3. The molecule has 0 saturated carbocycles. The molecule has 0 saturated heterocycles. The van der Waals surface area contributed by atoms with Crippen molar-refractivity contribution in [1.82, 2.24) is 10.2 Å². The second-order valence-corrected chi connectivity index (χ2v) is 3.29. The van der Waals surface area contributed by atoms with Gasteiger partial charge in [-0.05, 0) is 13.0 Å². The van der Waals surface area contributed by atoms with Crippen LogP contribution in [0.2, 0.25) is 0 Å². The molecule has 0 bridgehead atoms. The summed E-state index contributed by atoms with van der Waals surface area (Å²) in [7, 11) is 1.49. The Bertz CT molecular complexity index is 317. The van der Waals surface area contributed by atoms with Crippen molar-refractivity contribution in [3.8, 4) is 5.88 Å². The second kappa shape index (κ2) is 5.47. The number of ether oxygens (including phenoxy) is 2. The lowest BCUT2D eigenvalue weighted by atomic mass is 10.3. The van der Waals surface area contributed by atoms with E-state index in [2.05, 4.69) is 10.2 Å². The molecule has 0 spiro atoms. The van der Waals surface area contributed by atoms with Gasteiger partial charge in [-0.1, -0.05) is 0 Å². The predicted molar refractivity (Wildman–Crippen MR) is 56.3 cm³/mol. The average molecular weight is 212 g/mol. The van der Waals surface area contributed by atoms with Gasteiger partial charge in [-0.3, -0.25) is 0 Å². The molecule has 4 N–H and O–H groups in total. The Labute approximate surface area is 88.6 Å². The molecule has 0 fully saturated rings. The van der Waals surface area contributed by atoms with Gasteiger partial charge in [0.1, 0.15) is 0 Å². The quantitative estimate of drug-likeness (QED) is 0.709. The first kappa shape index (κ1) is 11.7. The molecule has 0 aliphatic carbocycles. The first-order valence-electron chi connectivity index (χ1n) is 4.63. The Balaban J connectivity index is 2.52. The van der Waals surface area contributed by atoms with Crippen molar-refractivity contribution in [1.29, 1.82) is 0 Å². The summed E-state index contributed by atoms with van der Waals surface area (Å²) in [5.74, 6) is 0.325. The molecular weight excluding hydrogens is 196 g/mol. The van der Waals surface area contributed by atoms with E-state index < -0.39 is 0 Å². The number of hydrogen-bond donors (Lipinski definition) is 2. The van der Waals surface area contributed by atoms with Crippen LogP contribution in [0.1, 0.15) is 12.6 Å². The van der Waals surface area contributed by atoms with Gasteiger partial charge in [-0.25, -0.2) is 0 Å². The molecular formula is C9H16N4O2. The molecule has 0 aliphatic rings. The molecule has 0 aromatic carbocycles. The van der Waals surface area contributed by atoms with Crippen LogP contribution in [0, 0.1) is 0 Å². The monoisotopic (exact) mass is 212 g/mol. The van der Waals surface area contributed by atoms with Gasteiger partial charge < -0.3 is 20.9 Å². The van der Waals surface area contributed by atoms with E-state index in [0.29, 0.717) is 30.5 Å². The van der Waals surface area contributed by atoms with Gasteiger partial charge in [-0.2, -0.15) is 0 Å². The number of nitrogens with two attached hydrogens (primary N) is 2. The van der Waals surface area contributed by atoms with Gasteiger partial charge in [-0.15, -0.1) is 10.2 Å². The summed E-state index contributed by atoms with van der Waals surface area (Å²) in [5, 5.41) is 7.67. The summed E-state index contributed by atoms with van der Waals surface area (Å²) in [6.45, 7) is 2.70. The van der Waals surface area contributed by atoms with Crippen LogP contribution in [-0.4, -0.2) is 30.0 Å². The van der Waals surface area contributed by atoms with E-state index in [9.17, 15) is 0 Å². The molecule has 1 aromatic heterocycles. The molecule has 0 aliphatic heterocycles. The minimum absolute atomic E-state index is 0.00792. The third kappa shape index (κ3) is 3.69. The Morgan fingerprint density at radius 2 is 2.20 bits per heavy atom. The zero-order valence-corrected chi connectivity index (χ0v) is 8.93. The maximum atomic E-state index is 5.66. The van der Waals surface area contributed by atoms with E-state index in [0.717, 1.165) is 0 Å². The minimum Gasteiger partial charge on any atom is -0.478 e. The van der Waals surface area contributed by atoms with Gasteiger partial charge in [0.05, 0.1) is 31.7 Å². The fourth-order valence-corrected chi connectivity index (χ4v) is 1.02. The number of aromatic nitrogens is 2. The van der Waals surface area contributed by atoms with Crippen LogP contribution in [-0.2, 0) is 11.3 Å². The first-order chi connectivity index (χ1) is 7.13. The highest BCUT2D eigenvalue weighted by molar-refractivity contribution is 5.47.